The summed E-state index contributed by atoms with van der Waals surface area (Å²) in [5, 5.41) is 3.43. The first-order chi connectivity index (χ1) is 14.4. The molecule has 152 valence electrons. The van der Waals surface area contributed by atoms with Crippen molar-refractivity contribution in [3.8, 4) is 0 Å². The molecule has 0 radical (unpaired) electrons. The van der Waals surface area contributed by atoms with Gasteiger partial charge in [0.15, 0.2) is 6.61 Å². The van der Waals surface area contributed by atoms with Crippen LogP contribution < -0.4 is 10.9 Å². The van der Waals surface area contributed by atoms with Gasteiger partial charge in [-0.15, -0.1) is 0 Å². The lowest BCUT2D eigenvalue weighted by Crippen LogP contribution is -2.28. The lowest BCUT2D eigenvalue weighted by Gasteiger charge is -2.11. The number of aromatic nitrogens is 2. The van der Waals surface area contributed by atoms with Gasteiger partial charge in [0.25, 0.3) is 11.5 Å². The van der Waals surface area contributed by atoms with E-state index in [-0.39, 0.29) is 12.1 Å². The van der Waals surface area contributed by atoms with Crippen molar-refractivity contribution in [2.24, 2.45) is 0 Å². The van der Waals surface area contributed by atoms with Gasteiger partial charge < -0.3 is 14.5 Å². The van der Waals surface area contributed by atoms with Gasteiger partial charge in [0.2, 0.25) is 5.58 Å². The number of benzene rings is 2. The zero-order valence-electron chi connectivity index (χ0n) is 16.5. The number of anilines is 1. The summed E-state index contributed by atoms with van der Waals surface area (Å²) >= 11 is 0. The zero-order chi connectivity index (χ0) is 21.3. The third-order valence-corrected chi connectivity index (χ3v) is 4.89. The lowest BCUT2D eigenvalue weighted by molar-refractivity contribution is -0.147. The summed E-state index contributed by atoms with van der Waals surface area (Å²) in [4.78, 5) is 41.1. The molecule has 0 spiro atoms. The van der Waals surface area contributed by atoms with Crippen LogP contribution in [0.1, 0.15) is 11.1 Å². The molecule has 0 aliphatic rings. The average Bonchev–Trinajstić information content (AvgIpc) is 3.11. The molecule has 0 fully saturated rings. The molecule has 8 heteroatoms. The van der Waals surface area contributed by atoms with E-state index in [2.05, 4.69) is 10.3 Å². The molecule has 0 saturated heterocycles. The second kappa shape index (κ2) is 7.82. The minimum absolute atomic E-state index is 0.0687. The topological polar surface area (TPSA) is 103 Å². The number of ether oxygens (including phenoxy) is 1. The average molecular weight is 405 g/mol. The number of nitrogens with zero attached hydrogens (tertiary/aromatic N) is 2. The van der Waals surface area contributed by atoms with E-state index in [0.717, 1.165) is 21.1 Å². The molecule has 0 atom stereocenters. The number of nitrogens with one attached hydrogen (secondary N) is 1. The SMILES string of the molecule is Cc1cccc(NC(=O)COC(=O)Cn2cnc3c(oc4ccccc43)c2=O)c1C. The van der Waals surface area contributed by atoms with E-state index in [1.54, 1.807) is 24.3 Å². The summed E-state index contributed by atoms with van der Waals surface area (Å²) in [7, 11) is 0. The molecule has 2 aromatic heterocycles. The number of aryl methyl sites for hydroxylation is 1. The van der Waals surface area contributed by atoms with Crippen LogP contribution in [-0.4, -0.2) is 28.0 Å². The van der Waals surface area contributed by atoms with Gasteiger partial charge in [-0.1, -0.05) is 24.3 Å². The Balaban J connectivity index is 1.42. The number of carbonyl (C=O) groups is 2. The minimum atomic E-state index is -0.731. The van der Waals surface area contributed by atoms with Crippen LogP contribution in [0.15, 0.2) is 58.0 Å². The molecule has 4 aromatic rings. The fourth-order valence-electron chi connectivity index (χ4n) is 3.13. The fourth-order valence-corrected chi connectivity index (χ4v) is 3.13. The highest BCUT2D eigenvalue weighted by molar-refractivity contribution is 6.01. The van der Waals surface area contributed by atoms with Crippen LogP contribution in [-0.2, 0) is 20.9 Å². The molecule has 0 aliphatic heterocycles. The molecular weight excluding hydrogens is 386 g/mol. The largest absolute Gasteiger partial charge is 0.454 e. The van der Waals surface area contributed by atoms with E-state index in [1.807, 2.05) is 32.0 Å². The number of hydrogen-bond acceptors (Lipinski definition) is 6. The first-order valence-electron chi connectivity index (χ1n) is 9.32. The van der Waals surface area contributed by atoms with Gasteiger partial charge in [-0.25, -0.2) is 4.98 Å². The highest BCUT2D eigenvalue weighted by Crippen LogP contribution is 2.24. The van der Waals surface area contributed by atoms with Gasteiger partial charge in [0.05, 0.1) is 6.33 Å². The maximum Gasteiger partial charge on any atom is 0.326 e. The Morgan fingerprint density at radius 2 is 1.93 bits per heavy atom. The van der Waals surface area contributed by atoms with Gasteiger partial charge >= 0.3 is 5.97 Å². The summed E-state index contributed by atoms with van der Waals surface area (Å²) in [6.45, 7) is 3.00. The Morgan fingerprint density at radius 1 is 1.13 bits per heavy atom. The van der Waals surface area contributed by atoms with Crippen LogP contribution in [0.5, 0.6) is 0 Å². The molecular formula is C22H19N3O5. The van der Waals surface area contributed by atoms with Crippen molar-refractivity contribution in [1.29, 1.82) is 0 Å². The maximum absolute atomic E-state index is 12.6. The predicted octanol–water partition coefficient (Wildman–Crippen LogP) is 2.94. The Morgan fingerprint density at radius 3 is 2.77 bits per heavy atom. The molecule has 1 N–H and O–H groups in total. The van der Waals surface area contributed by atoms with Crippen molar-refractivity contribution in [1.82, 2.24) is 9.55 Å². The summed E-state index contributed by atoms with van der Waals surface area (Å²) in [6, 6.07) is 12.7. The molecule has 0 aliphatic carbocycles. The van der Waals surface area contributed by atoms with E-state index >= 15 is 0 Å². The third kappa shape index (κ3) is 3.67. The molecule has 0 saturated carbocycles. The highest BCUT2D eigenvalue weighted by Gasteiger charge is 2.16. The van der Waals surface area contributed by atoms with Crippen LogP contribution in [0.2, 0.25) is 0 Å². The van der Waals surface area contributed by atoms with Gasteiger partial charge in [0.1, 0.15) is 17.6 Å². The van der Waals surface area contributed by atoms with Crippen molar-refractivity contribution in [2.45, 2.75) is 20.4 Å². The fraction of sp³-hybridized carbons (Fsp3) is 0.182. The van der Waals surface area contributed by atoms with E-state index in [4.69, 9.17) is 9.15 Å². The van der Waals surface area contributed by atoms with E-state index in [9.17, 15) is 14.4 Å². The number of esters is 1. The van der Waals surface area contributed by atoms with Crippen molar-refractivity contribution in [2.75, 3.05) is 11.9 Å². The molecule has 0 unspecified atom stereocenters. The summed E-state index contributed by atoms with van der Waals surface area (Å²) in [5.74, 6) is -1.19. The maximum atomic E-state index is 12.6. The third-order valence-electron chi connectivity index (χ3n) is 4.89. The lowest BCUT2D eigenvalue weighted by atomic mass is 10.1. The first-order valence-corrected chi connectivity index (χ1v) is 9.32. The van der Waals surface area contributed by atoms with Gasteiger partial charge in [-0.05, 0) is 43.2 Å². The Bertz CT molecular complexity index is 1340. The molecule has 8 nitrogen and oxygen atoms in total. The van der Waals surface area contributed by atoms with Crippen LogP contribution in [0.4, 0.5) is 5.69 Å². The molecule has 30 heavy (non-hydrogen) atoms. The smallest absolute Gasteiger partial charge is 0.326 e. The Hall–Kier alpha value is -3.94. The number of amides is 1. The predicted molar refractivity (Wildman–Crippen MR) is 111 cm³/mol. The van der Waals surface area contributed by atoms with Crippen LogP contribution in [0, 0.1) is 13.8 Å². The number of rotatable bonds is 5. The summed E-state index contributed by atoms with van der Waals surface area (Å²) < 4.78 is 11.7. The minimum Gasteiger partial charge on any atom is -0.454 e. The van der Waals surface area contributed by atoms with Crippen molar-refractivity contribution in [3.05, 3.63) is 70.3 Å². The van der Waals surface area contributed by atoms with E-state index in [0.29, 0.717) is 16.8 Å². The first kappa shape index (κ1) is 19.4. The molecule has 4 rings (SSSR count). The summed E-state index contributed by atoms with van der Waals surface area (Å²) in [5.41, 5.74) is 3.19. The molecule has 2 aromatic carbocycles. The monoisotopic (exact) mass is 405 g/mol. The molecule has 0 bridgehead atoms. The summed E-state index contributed by atoms with van der Waals surface area (Å²) in [6.07, 6.45) is 1.27. The number of fused-ring (bicyclic) bond motifs is 3. The Kier molecular flexibility index (Phi) is 5.05. The van der Waals surface area contributed by atoms with Crippen LogP contribution in [0.25, 0.3) is 22.1 Å². The zero-order valence-corrected chi connectivity index (χ0v) is 16.5. The van der Waals surface area contributed by atoms with Gasteiger partial charge in [-0.3, -0.25) is 19.0 Å². The second-order valence-corrected chi connectivity index (χ2v) is 6.91. The van der Waals surface area contributed by atoms with Crippen molar-refractivity contribution >= 4 is 39.6 Å². The van der Waals surface area contributed by atoms with Gasteiger partial charge in [-0.2, -0.15) is 0 Å². The Labute approximate surface area is 171 Å². The van der Waals surface area contributed by atoms with Crippen LogP contribution in [0.3, 0.4) is 0 Å². The quantitative estimate of drug-likeness (QED) is 0.512. The van der Waals surface area contributed by atoms with E-state index in [1.165, 1.54) is 6.33 Å². The normalized spacial score (nSPS) is 11.0. The molecule has 2 heterocycles. The highest BCUT2D eigenvalue weighted by atomic mass is 16.5. The van der Waals surface area contributed by atoms with Crippen molar-refractivity contribution < 1.29 is 18.7 Å². The van der Waals surface area contributed by atoms with Crippen LogP contribution >= 0.6 is 0 Å². The van der Waals surface area contributed by atoms with Gasteiger partial charge in [0, 0.05) is 11.1 Å². The number of carbonyl (C=O) groups excluding carboxylic acids is 2. The second-order valence-electron chi connectivity index (χ2n) is 6.91. The van der Waals surface area contributed by atoms with E-state index < -0.39 is 24.0 Å². The van der Waals surface area contributed by atoms with Crippen molar-refractivity contribution in [3.63, 3.8) is 0 Å². The number of para-hydroxylation sites is 1. The number of furan rings is 1. The standard InChI is InChI=1S/C22H19N3O5/c1-13-6-5-8-16(14(13)2)24-18(26)11-29-19(27)10-25-12-23-20-15-7-3-4-9-17(15)30-21(20)22(25)28/h3-9,12H,10-11H2,1-2H3,(H,24,26). The molecule has 1 amide bonds. The number of hydrogen-bond donors (Lipinski definition) is 1.